The summed E-state index contributed by atoms with van der Waals surface area (Å²) in [7, 11) is 1.64. The number of hydrogen-bond donors (Lipinski definition) is 2. The quantitative estimate of drug-likeness (QED) is 0.373. The second kappa shape index (κ2) is 9.56. The molecular formula is C29H30N2O3. The van der Waals surface area contributed by atoms with E-state index in [0.29, 0.717) is 16.8 Å². The summed E-state index contributed by atoms with van der Waals surface area (Å²) in [4.78, 5) is 25.6. The lowest BCUT2D eigenvalue weighted by molar-refractivity contribution is 0.102. The molecule has 1 amide bonds. The highest BCUT2D eigenvalue weighted by molar-refractivity contribution is 6.09. The fourth-order valence-corrected chi connectivity index (χ4v) is 4.18. The highest BCUT2D eigenvalue weighted by Crippen LogP contribution is 2.32. The van der Waals surface area contributed by atoms with Gasteiger partial charge in [0.25, 0.3) is 5.91 Å². The van der Waals surface area contributed by atoms with E-state index in [2.05, 4.69) is 37.5 Å². The molecule has 2 N–H and O–H groups in total. The first-order chi connectivity index (χ1) is 16.3. The molecule has 4 rings (SSSR count). The Bertz CT molecular complexity index is 1240. The van der Waals surface area contributed by atoms with E-state index < -0.39 is 0 Å². The molecule has 0 atom stereocenters. The normalized spacial score (nSPS) is 15.2. The van der Waals surface area contributed by atoms with Crippen LogP contribution in [0.3, 0.4) is 0 Å². The van der Waals surface area contributed by atoms with E-state index >= 15 is 0 Å². The molecular weight excluding hydrogens is 424 g/mol. The summed E-state index contributed by atoms with van der Waals surface area (Å²) in [6, 6.07) is 20.5. The Kier molecular flexibility index (Phi) is 6.55. The highest BCUT2D eigenvalue weighted by atomic mass is 16.5. The van der Waals surface area contributed by atoms with Crippen molar-refractivity contribution in [1.29, 1.82) is 0 Å². The van der Waals surface area contributed by atoms with Crippen LogP contribution >= 0.6 is 0 Å². The maximum atomic E-state index is 13.1. The van der Waals surface area contributed by atoms with Gasteiger partial charge in [0.2, 0.25) is 0 Å². The van der Waals surface area contributed by atoms with Crippen LogP contribution in [-0.2, 0) is 12.8 Å². The zero-order valence-corrected chi connectivity index (χ0v) is 20.1. The fourth-order valence-electron chi connectivity index (χ4n) is 4.18. The minimum atomic E-state index is -0.178. The minimum absolute atomic E-state index is 0.109. The molecule has 0 radical (unpaired) electrons. The number of amides is 1. The highest BCUT2D eigenvalue weighted by Gasteiger charge is 2.28. The van der Waals surface area contributed by atoms with E-state index in [0.717, 1.165) is 29.9 Å². The molecule has 3 aromatic rings. The first-order valence-corrected chi connectivity index (χ1v) is 11.5. The van der Waals surface area contributed by atoms with Gasteiger partial charge in [-0.05, 0) is 86.3 Å². The molecule has 0 aromatic heterocycles. The number of carbonyl (C=O) groups excluding carboxylic acids is 2. The number of methoxy groups -OCH3 is 1. The van der Waals surface area contributed by atoms with Gasteiger partial charge in [0.1, 0.15) is 5.75 Å². The SMILES string of the molecule is CCc1ccc(C(=O)Nc2ccc(C(=O)/C=C3\NC(C)(C)Cc4ccc(OC)cc43)cc2)cc1. The number of allylic oxidation sites excluding steroid dienone is 1. The molecule has 5 nitrogen and oxygen atoms in total. The number of fused-ring (bicyclic) bond motifs is 1. The van der Waals surface area contributed by atoms with Crippen molar-refractivity contribution in [3.63, 3.8) is 0 Å². The molecule has 0 unspecified atom stereocenters. The van der Waals surface area contributed by atoms with Crippen LogP contribution in [-0.4, -0.2) is 24.3 Å². The number of rotatable bonds is 6. The van der Waals surface area contributed by atoms with Crippen LogP contribution in [0.2, 0.25) is 0 Å². The molecule has 1 aliphatic heterocycles. The molecule has 0 saturated heterocycles. The summed E-state index contributed by atoms with van der Waals surface area (Å²) >= 11 is 0. The summed E-state index contributed by atoms with van der Waals surface area (Å²) < 4.78 is 5.38. The van der Waals surface area contributed by atoms with Crippen molar-refractivity contribution >= 4 is 23.1 Å². The Morgan fingerprint density at radius 1 is 1.00 bits per heavy atom. The summed E-state index contributed by atoms with van der Waals surface area (Å²) in [6.45, 7) is 6.31. The average molecular weight is 455 g/mol. The number of carbonyl (C=O) groups is 2. The van der Waals surface area contributed by atoms with Crippen LogP contribution in [0.25, 0.3) is 5.70 Å². The monoisotopic (exact) mass is 454 g/mol. The first-order valence-electron chi connectivity index (χ1n) is 11.5. The van der Waals surface area contributed by atoms with Crippen molar-refractivity contribution in [2.24, 2.45) is 0 Å². The number of ether oxygens (including phenoxy) is 1. The lowest BCUT2D eigenvalue weighted by Gasteiger charge is -2.35. The van der Waals surface area contributed by atoms with Gasteiger partial charge in [0, 0.05) is 39.7 Å². The molecule has 5 heteroatoms. The van der Waals surface area contributed by atoms with Crippen LogP contribution < -0.4 is 15.4 Å². The second-order valence-electron chi connectivity index (χ2n) is 9.21. The van der Waals surface area contributed by atoms with Crippen molar-refractivity contribution < 1.29 is 14.3 Å². The summed E-state index contributed by atoms with van der Waals surface area (Å²) in [5.41, 5.74) is 5.74. The van der Waals surface area contributed by atoms with Crippen LogP contribution in [0, 0.1) is 0 Å². The van der Waals surface area contributed by atoms with Crippen molar-refractivity contribution in [1.82, 2.24) is 5.32 Å². The number of nitrogens with one attached hydrogen (secondary N) is 2. The van der Waals surface area contributed by atoms with Gasteiger partial charge < -0.3 is 15.4 Å². The van der Waals surface area contributed by atoms with Gasteiger partial charge >= 0.3 is 0 Å². The van der Waals surface area contributed by atoms with E-state index in [9.17, 15) is 9.59 Å². The Labute approximate surface area is 200 Å². The topological polar surface area (TPSA) is 67.4 Å². The van der Waals surface area contributed by atoms with Crippen LogP contribution in [0.1, 0.15) is 58.2 Å². The number of benzene rings is 3. The third kappa shape index (κ3) is 5.20. The zero-order valence-electron chi connectivity index (χ0n) is 20.1. The van der Waals surface area contributed by atoms with E-state index in [1.165, 1.54) is 11.1 Å². The second-order valence-corrected chi connectivity index (χ2v) is 9.21. The predicted octanol–water partition coefficient (Wildman–Crippen LogP) is 5.66. The molecule has 0 saturated carbocycles. The smallest absolute Gasteiger partial charge is 0.255 e. The Hall–Kier alpha value is -3.86. The molecule has 0 spiro atoms. The van der Waals surface area contributed by atoms with Gasteiger partial charge in [-0.3, -0.25) is 9.59 Å². The lowest BCUT2D eigenvalue weighted by Crippen LogP contribution is -2.43. The predicted molar refractivity (Wildman–Crippen MR) is 136 cm³/mol. The minimum Gasteiger partial charge on any atom is -0.497 e. The zero-order chi connectivity index (χ0) is 24.3. The van der Waals surface area contributed by atoms with Crippen LogP contribution in [0.5, 0.6) is 5.75 Å². The molecule has 0 aliphatic carbocycles. The molecule has 3 aromatic carbocycles. The number of hydrogen-bond acceptors (Lipinski definition) is 4. The van der Waals surface area contributed by atoms with E-state index in [4.69, 9.17) is 4.74 Å². The average Bonchev–Trinajstić information content (AvgIpc) is 2.83. The molecule has 174 valence electrons. The number of anilines is 1. The van der Waals surface area contributed by atoms with Crippen LogP contribution in [0.15, 0.2) is 72.8 Å². The van der Waals surface area contributed by atoms with Crippen molar-refractivity contribution in [2.75, 3.05) is 12.4 Å². The van der Waals surface area contributed by atoms with Crippen molar-refractivity contribution in [3.05, 3.63) is 101 Å². The van der Waals surface area contributed by atoms with Gasteiger partial charge in [-0.2, -0.15) is 0 Å². The number of aryl methyl sites for hydroxylation is 1. The largest absolute Gasteiger partial charge is 0.497 e. The molecule has 0 bridgehead atoms. The standard InChI is InChI=1S/C29H30N2O3/c1-5-19-6-8-21(9-7-19)28(33)30-23-13-10-20(11-14-23)27(32)17-26-25-16-24(34-4)15-12-22(25)18-29(2,3)31-26/h6-17,31H,5,18H2,1-4H3,(H,30,33)/b26-17-. The third-order valence-electron chi connectivity index (χ3n) is 6.04. The van der Waals surface area contributed by atoms with Gasteiger partial charge in [-0.15, -0.1) is 0 Å². The Morgan fingerprint density at radius 3 is 2.32 bits per heavy atom. The Balaban J connectivity index is 1.52. The van der Waals surface area contributed by atoms with Gasteiger partial charge in [0.05, 0.1) is 7.11 Å². The van der Waals surface area contributed by atoms with Crippen molar-refractivity contribution in [2.45, 2.75) is 39.2 Å². The van der Waals surface area contributed by atoms with E-state index in [-0.39, 0.29) is 17.2 Å². The van der Waals surface area contributed by atoms with Gasteiger partial charge in [-0.1, -0.05) is 25.1 Å². The van der Waals surface area contributed by atoms with E-state index in [1.54, 1.807) is 37.5 Å². The molecule has 1 aliphatic rings. The molecule has 0 fully saturated rings. The van der Waals surface area contributed by atoms with Crippen LogP contribution in [0.4, 0.5) is 5.69 Å². The maximum Gasteiger partial charge on any atom is 0.255 e. The maximum absolute atomic E-state index is 13.1. The third-order valence-corrected chi connectivity index (χ3v) is 6.04. The summed E-state index contributed by atoms with van der Waals surface area (Å²) in [6.07, 6.45) is 3.43. The molecule has 1 heterocycles. The molecule has 34 heavy (non-hydrogen) atoms. The lowest BCUT2D eigenvalue weighted by atomic mass is 9.85. The first kappa shape index (κ1) is 23.3. The van der Waals surface area contributed by atoms with E-state index in [1.807, 2.05) is 36.4 Å². The summed E-state index contributed by atoms with van der Waals surface area (Å²) in [5.74, 6) is 0.466. The van der Waals surface area contributed by atoms with Gasteiger partial charge in [0.15, 0.2) is 5.78 Å². The fraction of sp³-hybridized carbons (Fsp3) is 0.241. The van der Waals surface area contributed by atoms with Gasteiger partial charge in [-0.25, -0.2) is 0 Å². The van der Waals surface area contributed by atoms with Crippen molar-refractivity contribution in [3.8, 4) is 5.75 Å². The summed E-state index contributed by atoms with van der Waals surface area (Å²) in [5, 5.41) is 6.38. The Morgan fingerprint density at radius 2 is 1.68 bits per heavy atom. The number of ketones is 1.